The van der Waals surface area contributed by atoms with Crippen LogP contribution in [0.3, 0.4) is 0 Å². The minimum Gasteiger partial charge on any atom is -0.496 e. The maximum atomic E-state index is 13.2. The highest BCUT2D eigenvalue weighted by molar-refractivity contribution is 5.99. The van der Waals surface area contributed by atoms with Crippen LogP contribution >= 0.6 is 0 Å². The van der Waals surface area contributed by atoms with Crippen molar-refractivity contribution in [2.75, 3.05) is 48.9 Å². The molecule has 3 aromatic rings. The zero-order valence-corrected chi connectivity index (χ0v) is 19.8. The Labute approximate surface area is 210 Å². The fourth-order valence-corrected chi connectivity index (χ4v) is 3.72. The van der Waals surface area contributed by atoms with Crippen LogP contribution in [0.15, 0.2) is 61.3 Å². The zero-order valence-electron chi connectivity index (χ0n) is 19.8. The van der Waals surface area contributed by atoms with Crippen molar-refractivity contribution in [2.45, 2.75) is 6.36 Å². The molecule has 1 aliphatic heterocycles. The Morgan fingerprint density at radius 1 is 1.14 bits per heavy atom. The van der Waals surface area contributed by atoms with Gasteiger partial charge in [0.15, 0.2) is 5.75 Å². The van der Waals surface area contributed by atoms with Crippen molar-refractivity contribution in [2.24, 2.45) is 0 Å². The number of anilines is 4. The predicted molar refractivity (Wildman–Crippen MR) is 132 cm³/mol. The number of ether oxygens (including phenoxy) is 3. The highest BCUT2D eigenvalue weighted by atomic mass is 19.4. The molecule has 1 aliphatic rings. The summed E-state index contributed by atoms with van der Waals surface area (Å²) in [6, 6.07) is 11.9. The third-order valence-electron chi connectivity index (χ3n) is 5.37. The van der Waals surface area contributed by atoms with Gasteiger partial charge < -0.3 is 29.7 Å². The molecule has 194 valence electrons. The molecule has 2 aromatic carbocycles. The standard InChI is InChI=1S/C25H24F3N5O4/c1-3-22(34)30-17-7-8-20(35-2)19(14-17)23-21(37-25(26,27)28)15-29-24(32-23)31-16-5-4-6-18(13-16)33-9-11-36-12-10-33/h3-8,13-15H,1,9-12H2,2H3,(H,30,34)(H,29,31,32). The summed E-state index contributed by atoms with van der Waals surface area (Å²) in [5, 5.41) is 5.60. The summed E-state index contributed by atoms with van der Waals surface area (Å²) < 4.78 is 54.5. The lowest BCUT2D eigenvalue weighted by atomic mass is 10.1. The summed E-state index contributed by atoms with van der Waals surface area (Å²) in [6.07, 6.45) is -2.99. The second-order valence-corrected chi connectivity index (χ2v) is 7.84. The van der Waals surface area contributed by atoms with E-state index in [-0.39, 0.29) is 23.0 Å². The number of nitrogens with zero attached hydrogens (tertiary/aromatic N) is 3. The highest BCUT2D eigenvalue weighted by Crippen LogP contribution is 2.39. The first-order chi connectivity index (χ1) is 17.8. The van der Waals surface area contributed by atoms with E-state index in [0.717, 1.165) is 31.0 Å². The van der Waals surface area contributed by atoms with E-state index in [1.807, 2.05) is 18.2 Å². The number of morpholine rings is 1. The van der Waals surface area contributed by atoms with Crippen LogP contribution in [0.2, 0.25) is 0 Å². The molecule has 1 fully saturated rings. The van der Waals surface area contributed by atoms with E-state index in [2.05, 4.69) is 36.8 Å². The van der Waals surface area contributed by atoms with Crippen LogP contribution in [0.4, 0.5) is 36.2 Å². The number of methoxy groups -OCH3 is 1. The van der Waals surface area contributed by atoms with Crippen molar-refractivity contribution in [3.8, 4) is 22.8 Å². The predicted octanol–water partition coefficient (Wildman–Crippen LogP) is 4.76. The van der Waals surface area contributed by atoms with Crippen molar-refractivity contribution in [1.29, 1.82) is 0 Å². The molecular formula is C25H24F3N5O4. The Kier molecular flexibility index (Phi) is 7.77. The van der Waals surface area contributed by atoms with Gasteiger partial charge in [-0.3, -0.25) is 4.79 Å². The van der Waals surface area contributed by atoms with Gasteiger partial charge in [-0.05, 0) is 42.5 Å². The molecule has 0 aliphatic carbocycles. The van der Waals surface area contributed by atoms with Crippen LogP contribution < -0.4 is 25.0 Å². The topological polar surface area (TPSA) is 97.8 Å². The van der Waals surface area contributed by atoms with Gasteiger partial charge in [0.2, 0.25) is 11.9 Å². The van der Waals surface area contributed by atoms with Crippen LogP contribution in [0.1, 0.15) is 0 Å². The summed E-state index contributed by atoms with van der Waals surface area (Å²) in [4.78, 5) is 22.3. The van der Waals surface area contributed by atoms with Gasteiger partial charge in [0, 0.05) is 35.7 Å². The molecule has 2 heterocycles. The van der Waals surface area contributed by atoms with Crippen molar-refractivity contribution < 1.29 is 32.2 Å². The minimum atomic E-state index is -4.98. The quantitative estimate of drug-likeness (QED) is 0.415. The molecule has 9 nitrogen and oxygen atoms in total. The third kappa shape index (κ3) is 6.67. The lowest BCUT2D eigenvalue weighted by Gasteiger charge is -2.29. The number of hydrogen-bond acceptors (Lipinski definition) is 8. The van der Waals surface area contributed by atoms with Gasteiger partial charge in [0.25, 0.3) is 0 Å². The van der Waals surface area contributed by atoms with E-state index in [1.165, 1.54) is 25.3 Å². The van der Waals surface area contributed by atoms with E-state index in [0.29, 0.717) is 24.6 Å². The Balaban J connectivity index is 1.72. The Morgan fingerprint density at radius 2 is 1.92 bits per heavy atom. The first-order valence-electron chi connectivity index (χ1n) is 11.2. The molecule has 0 atom stereocenters. The molecule has 12 heteroatoms. The molecule has 1 amide bonds. The van der Waals surface area contributed by atoms with Crippen molar-refractivity contribution in [3.05, 3.63) is 61.3 Å². The lowest BCUT2D eigenvalue weighted by Crippen LogP contribution is -2.36. The van der Waals surface area contributed by atoms with Gasteiger partial charge in [-0.25, -0.2) is 9.97 Å². The molecule has 37 heavy (non-hydrogen) atoms. The molecular weight excluding hydrogens is 491 g/mol. The smallest absolute Gasteiger partial charge is 0.496 e. The van der Waals surface area contributed by atoms with Crippen molar-refractivity contribution in [1.82, 2.24) is 9.97 Å². The van der Waals surface area contributed by atoms with Crippen LogP contribution in [0, 0.1) is 0 Å². The third-order valence-corrected chi connectivity index (χ3v) is 5.37. The van der Waals surface area contributed by atoms with Crippen molar-refractivity contribution >= 4 is 28.9 Å². The summed E-state index contributed by atoms with van der Waals surface area (Å²) in [5.41, 5.74) is 1.85. The number of rotatable bonds is 8. The molecule has 1 saturated heterocycles. The van der Waals surface area contributed by atoms with Gasteiger partial charge in [-0.15, -0.1) is 13.2 Å². The van der Waals surface area contributed by atoms with Gasteiger partial charge in [-0.1, -0.05) is 12.6 Å². The number of aromatic nitrogens is 2. The molecule has 0 saturated carbocycles. The van der Waals surface area contributed by atoms with Gasteiger partial charge in [-0.2, -0.15) is 0 Å². The first-order valence-corrected chi connectivity index (χ1v) is 11.2. The Bertz CT molecular complexity index is 1280. The fourth-order valence-electron chi connectivity index (χ4n) is 3.72. The van der Waals surface area contributed by atoms with E-state index in [9.17, 15) is 18.0 Å². The number of alkyl halides is 3. The van der Waals surface area contributed by atoms with E-state index < -0.39 is 18.0 Å². The number of nitrogens with one attached hydrogen (secondary N) is 2. The molecule has 0 spiro atoms. The highest BCUT2D eigenvalue weighted by Gasteiger charge is 2.33. The molecule has 0 bridgehead atoms. The van der Waals surface area contributed by atoms with Gasteiger partial charge >= 0.3 is 6.36 Å². The number of carbonyl (C=O) groups excluding carboxylic acids is 1. The average molecular weight is 515 g/mol. The van der Waals surface area contributed by atoms with Gasteiger partial charge in [0.1, 0.15) is 11.4 Å². The monoisotopic (exact) mass is 515 g/mol. The summed E-state index contributed by atoms with van der Waals surface area (Å²) in [7, 11) is 1.36. The fraction of sp³-hybridized carbons (Fsp3) is 0.240. The summed E-state index contributed by atoms with van der Waals surface area (Å²) in [6.45, 7) is 6.13. The van der Waals surface area contributed by atoms with Crippen LogP contribution in [-0.2, 0) is 9.53 Å². The average Bonchev–Trinajstić information content (AvgIpc) is 2.89. The number of carbonyl (C=O) groups is 1. The van der Waals surface area contributed by atoms with Crippen LogP contribution in [0.5, 0.6) is 11.5 Å². The number of halogens is 3. The normalized spacial score (nSPS) is 13.6. The molecule has 4 rings (SSSR count). The lowest BCUT2D eigenvalue weighted by molar-refractivity contribution is -0.274. The van der Waals surface area contributed by atoms with E-state index in [4.69, 9.17) is 9.47 Å². The maximum Gasteiger partial charge on any atom is 0.573 e. The second-order valence-electron chi connectivity index (χ2n) is 7.84. The van der Waals surface area contributed by atoms with Gasteiger partial charge in [0.05, 0.1) is 26.5 Å². The van der Waals surface area contributed by atoms with Crippen molar-refractivity contribution in [3.63, 3.8) is 0 Å². The first kappa shape index (κ1) is 25.8. The molecule has 2 N–H and O–H groups in total. The summed E-state index contributed by atoms with van der Waals surface area (Å²) in [5.74, 6) is -0.882. The van der Waals surface area contributed by atoms with Crippen LogP contribution in [-0.4, -0.2) is 55.7 Å². The van der Waals surface area contributed by atoms with E-state index >= 15 is 0 Å². The summed E-state index contributed by atoms with van der Waals surface area (Å²) >= 11 is 0. The second kappa shape index (κ2) is 11.2. The largest absolute Gasteiger partial charge is 0.573 e. The zero-order chi connectivity index (χ0) is 26.4. The Morgan fingerprint density at radius 3 is 2.62 bits per heavy atom. The van der Waals surface area contributed by atoms with E-state index in [1.54, 1.807) is 6.07 Å². The maximum absolute atomic E-state index is 13.2. The molecule has 1 aromatic heterocycles. The number of amides is 1. The minimum absolute atomic E-state index is 0.0336. The van der Waals surface area contributed by atoms with Crippen LogP contribution in [0.25, 0.3) is 11.3 Å². The number of benzene rings is 2. The SMILES string of the molecule is C=CC(=O)Nc1ccc(OC)c(-c2nc(Nc3cccc(N4CCOCC4)c3)ncc2OC(F)(F)F)c1. The molecule has 0 radical (unpaired) electrons. The molecule has 0 unspecified atom stereocenters. The Hall–Kier alpha value is -4.32. The number of hydrogen-bond donors (Lipinski definition) is 2.